The van der Waals surface area contributed by atoms with Gasteiger partial charge in [0.25, 0.3) is 0 Å². The molecule has 1 aromatic carbocycles. The zero-order valence-corrected chi connectivity index (χ0v) is 11.3. The van der Waals surface area contributed by atoms with Crippen LogP contribution in [-0.4, -0.2) is 27.3 Å². The van der Waals surface area contributed by atoms with E-state index in [-0.39, 0.29) is 6.04 Å². The second-order valence-corrected chi connectivity index (χ2v) is 4.53. The van der Waals surface area contributed by atoms with Crippen LogP contribution in [0.1, 0.15) is 28.6 Å². The molecule has 0 bridgehead atoms. The second kappa shape index (κ2) is 5.27. The standard InChI is InChI=1S/C13H19N5/c1-9-6-5-7-11(10(9)2)12(14-3)8-13-15-17-18(4)16-13/h5-7,12,14H,8H2,1-4H3. The van der Waals surface area contributed by atoms with Crippen LogP contribution in [0.2, 0.25) is 0 Å². The highest BCUT2D eigenvalue weighted by atomic mass is 15.6. The van der Waals surface area contributed by atoms with Crippen LogP contribution in [0.5, 0.6) is 0 Å². The van der Waals surface area contributed by atoms with Crippen molar-refractivity contribution >= 4 is 0 Å². The zero-order valence-electron chi connectivity index (χ0n) is 11.3. The fraction of sp³-hybridized carbons (Fsp3) is 0.462. The van der Waals surface area contributed by atoms with Crippen LogP contribution in [0.4, 0.5) is 0 Å². The molecule has 96 valence electrons. The maximum Gasteiger partial charge on any atom is 0.176 e. The van der Waals surface area contributed by atoms with Crippen molar-refractivity contribution in [3.63, 3.8) is 0 Å². The molecule has 0 radical (unpaired) electrons. The highest BCUT2D eigenvalue weighted by Gasteiger charge is 2.15. The molecule has 1 unspecified atom stereocenters. The van der Waals surface area contributed by atoms with E-state index in [0.29, 0.717) is 0 Å². The van der Waals surface area contributed by atoms with Crippen LogP contribution in [0, 0.1) is 13.8 Å². The van der Waals surface area contributed by atoms with Crippen molar-refractivity contribution < 1.29 is 0 Å². The van der Waals surface area contributed by atoms with Gasteiger partial charge in [-0.3, -0.25) is 0 Å². The van der Waals surface area contributed by atoms with E-state index in [1.807, 2.05) is 7.05 Å². The summed E-state index contributed by atoms with van der Waals surface area (Å²) >= 11 is 0. The first-order valence-corrected chi connectivity index (χ1v) is 6.08. The second-order valence-electron chi connectivity index (χ2n) is 4.53. The summed E-state index contributed by atoms with van der Waals surface area (Å²) in [5, 5.41) is 15.5. The lowest BCUT2D eigenvalue weighted by molar-refractivity contribution is 0.567. The Morgan fingerprint density at radius 1 is 1.33 bits per heavy atom. The van der Waals surface area contributed by atoms with Gasteiger partial charge in [0.05, 0.1) is 7.05 Å². The van der Waals surface area contributed by atoms with E-state index < -0.39 is 0 Å². The minimum atomic E-state index is 0.217. The van der Waals surface area contributed by atoms with Crippen molar-refractivity contribution in [3.8, 4) is 0 Å². The molecule has 2 rings (SSSR count). The van der Waals surface area contributed by atoms with Crippen LogP contribution in [0.15, 0.2) is 18.2 Å². The predicted octanol–water partition coefficient (Wildman–Crippen LogP) is 1.33. The summed E-state index contributed by atoms with van der Waals surface area (Å²) in [7, 11) is 3.74. The quantitative estimate of drug-likeness (QED) is 0.883. The van der Waals surface area contributed by atoms with Crippen molar-refractivity contribution in [2.75, 3.05) is 7.05 Å². The van der Waals surface area contributed by atoms with Gasteiger partial charge in [0.1, 0.15) is 0 Å². The van der Waals surface area contributed by atoms with E-state index in [4.69, 9.17) is 0 Å². The van der Waals surface area contributed by atoms with Gasteiger partial charge in [0.15, 0.2) is 5.82 Å². The van der Waals surface area contributed by atoms with Gasteiger partial charge in [-0.15, -0.1) is 10.2 Å². The molecule has 0 fully saturated rings. The van der Waals surface area contributed by atoms with Crippen molar-refractivity contribution in [1.29, 1.82) is 0 Å². The number of benzene rings is 1. The number of rotatable bonds is 4. The molecule has 0 amide bonds. The van der Waals surface area contributed by atoms with E-state index in [2.05, 4.69) is 52.8 Å². The first-order chi connectivity index (χ1) is 8.61. The molecule has 5 heteroatoms. The Bertz CT molecular complexity index is 532. The molecule has 0 aliphatic rings. The number of hydrogen-bond donors (Lipinski definition) is 1. The Morgan fingerprint density at radius 3 is 2.72 bits per heavy atom. The number of aromatic nitrogens is 4. The highest BCUT2D eigenvalue weighted by molar-refractivity contribution is 5.35. The number of aryl methyl sites for hydroxylation is 2. The molecule has 0 saturated carbocycles. The van der Waals surface area contributed by atoms with Gasteiger partial charge >= 0.3 is 0 Å². The van der Waals surface area contributed by atoms with Crippen LogP contribution < -0.4 is 5.32 Å². The molecule has 1 heterocycles. The molecule has 0 aliphatic carbocycles. The van der Waals surface area contributed by atoms with Gasteiger partial charge in [-0.05, 0) is 42.8 Å². The van der Waals surface area contributed by atoms with Gasteiger partial charge in [0, 0.05) is 12.5 Å². The van der Waals surface area contributed by atoms with Gasteiger partial charge < -0.3 is 5.32 Å². The Kier molecular flexibility index (Phi) is 3.72. The van der Waals surface area contributed by atoms with Crippen LogP contribution >= 0.6 is 0 Å². The molecule has 0 saturated heterocycles. The van der Waals surface area contributed by atoms with Crippen LogP contribution in [-0.2, 0) is 13.5 Å². The topological polar surface area (TPSA) is 55.6 Å². The van der Waals surface area contributed by atoms with Crippen molar-refractivity contribution in [3.05, 3.63) is 40.7 Å². The Hall–Kier alpha value is -1.75. The third kappa shape index (κ3) is 2.56. The Morgan fingerprint density at radius 2 is 2.11 bits per heavy atom. The molecule has 1 N–H and O–H groups in total. The first-order valence-electron chi connectivity index (χ1n) is 6.08. The van der Waals surface area contributed by atoms with Crippen molar-refractivity contribution in [2.45, 2.75) is 26.3 Å². The molecule has 5 nitrogen and oxygen atoms in total. The SMILES string of the molecule is CNC(Cc1nnn(C)n1)c1cccc(C)c1C. The molecule has 18 heavy (non-hydrogen) atoms. The maximum absolute atomic E-state index is 4.23. The molecule has 0 aliphatic heterocycles. The zero-order chi connectivity index (χ0) is 13.1. The fourth-order valence-corrected chi connectivity index (χ4v) is 2.11. The average molecular weight is 245 g/mol. The van der Waals surface area contributed by atoms with Crippen molar-refractivity contribution in [1.82, 2.24) is 25.5 Å². The monoisotopic (exact) mass is 245 g/mol. The summed E-state index contributed by atoms with van der Waals surface area (Å²) in [6.45, 7) is 4.28. The van der Waals surface area contributed by atoms with Crippen LogP contribution in [0.3, 0.4) is 0 Å². The highest BCUT2D eigenvalue weighted by Crippen LogP contribution is 2.22. The third-order valence-corrected chi connectivity index (χ3v) is 3.31. The van der Waals surface area contributed by atoms with Gasteiger partial charge in [-0.2, -0.15) is 4.80 Å². The average Bonchev–Trinajstić information content (AvgIpc) is 2.76. The smallest absolute Gasteiger partial charge is 0.176 e. The van der Waals surface area contributed by atoms with E-state index >= 15 is 0 Å². The molecule has 2 aromatic rings. The predicted molar refractivity (Wildman–Crippen MR) is 70.2 cm³/mol. The number of tetrazole rings is 1. The number of likely N-dealkylation sites (N-methyl/N-ethyl adjacent to an activating group) is 1. The Balaban J connectivity index is 2.25. The number of nitrogens with one attached hydrogen (secondary N) is 1. The van der Waals surface area contributed by atoms with E-state index in [1.165, 1.54) is 21.5 Å². The fourth-order valence-electron chi connectivity index (χ4n) is 2.11. The molecular formula is C13H19N5. The lowest BCUT2D eigenvalue weighted by Crippen LogP contribution is -2.20. The summed E-state index contributed by atoms with van der Waals surface area (Å²) in [6.07, 6.45) is 0.745. The number of hydrogen-bond acceptors (Lipinski definition) is 4. The Labute approximate surface area is 107 Å². The lowest BCUT2D eigenvalue weighted by atomic mass is 9.95. The summed E-state index contributed by atoms with van der Waals surface area (Å²) in [4.78, 5) is 1.49. The minimum absolute atomic E-state index is 0.217. The van der Waals surface area contributed by atoms with Crippen LogP contribution in [0.25, 0.3) is 0 Å². The summed E-state index contributed by atoms with van der Waals surface area (Å²) < 4.78 is 0. The number of nitrogens with zero attached hydrogens (tertiary/aromatic N) is 4. The minimum Gasteiger partial charge on any atom is -0.313 e. The molecule has 1 atom stereocenters. The van der Waals surface area contributed by atoms with E-state index in [1.54, 1.807) is 7.05 Å². The largest absolute Gasteiger partial charge is 0.313 e. The van der Waals surface area contributed by atoms with Crippen molar-refractivity contribution in [2.24, 2.45) is 7.05 Å². The van der Waals surface area contributed by atoms with E-state index in [0.717, 1.165) is 12.2 Å². The molecule has 0 spiro atoms. The van der Waals surface area contributed by atoms with Gasteiger partial charge in [-0.1, -0.05) is 18.2 Å². The maximum atomic E-state index is 4.23. The normalized spacial score (nSPS) is 12.7. The van der Waals surface area contributed by atoms with E-state index in [9.17, 15) is 0 Å². The summed E-state index contributed by atoms with van der Waals surface area (Å²) in [5.41, 5.74) is 3.92. The third-order valence-electron chi connectivity index (χ3n) is 3.31. The lowest BCUT2D eigenvalue weighted by Gasteiger charge is -2.18. The van der Waals surface area contributed by atoms with Gasteiger partial charge in [-0.25, -0.2) is 0 Å². The van der Waals surface area contributed by atoms with Gasteiger partial charge in [0.2, 0.25) is 0 Å². The molecule has 1 aromatic heterocycles. The molecular weight excluding hydrogens is 226 g/mol. The first kappa shape index (κ1) is 12.7. The summed E-state index contributed by atoms with van der Waals surface area (Å²) in [6, 6.07) is 6.59. The summed E-state index contributed by atoms with van der Waals surface area (Å²) in [5.74, 6) is 0.762.